The van der Waals surface area contributed by atoms with E-state index in [9.17, 15) is 23.2 Å². The second-order valence-electron chi connectivity index (χ2n) is 6.79. The van der Waals surface area contributed by atoms with Crippen molar-refractivity contribution in [3.63, 3.8) is 0 Å². The van der Waals surface area contributed by atoms with Crippen molar-refractivity contribution in [1.29, 1.82) is 0 Å². The Morgan fingerprint density at radius 2 is 1.90 bits per heavy atom. The average molecular weight is 433 g/mol. The number of hydrogen-bond acceptors (Lipinski definition) is 5. The lowest BCUT2D eigenvalue weighted by Gasteiger charge is -2.19. The zero-order valence-corrected chi connectivity index (χ0v) is 16.9. The Morgan fingerprint density at radius 3 is 2.61 bits per heavy atom. The number of benzene rings is 2. The molecule has 2 aromatic carbocycles. The number of amides is 1. The number of carbonyl (C=O) groups is 1. The van der Waals surface area contributed by atoms with Crippen molar-refractivity contribution in [2.24, 2.45) is 0 Å². The van der Waals surface area contributed by atoms with E-state index in [1.807, 2.05) is 0 Å². The number of fused-ring (bicyclic) bond motifs is 1. The molecule has 0 bridgehead atoms. The number of alkyl halides is 2. The third-order valence-corrected chi connectivity index (χ3v) is 4.74. The van der Waals surface area contributed by atoms with Gasteiger partial charge in [-0.05, 0) is 29.8 Å². The predicted molar refractivity (Wildman–Crippen MR) is 110 cm³/mol. The van der Waals surface area contributed by atoms with Gasteiger partial charge < -0.3 is 14.4 Å². The number of nitrogens with one attached hydrogen (secondary N) is 1. The van der Waals surface area contributed by atoms with E-state index in [4.69, 9.17) is 4.74 Å². The van der Waals surface area contributed by atoms with Crippen LogP contribution in [0.1, 0.15) is 12.0 Å². The number of hydrogen-bond donors (Lipinski definition) is 1. The molecule has 0 aliphatic carbocycles. The average Bonchev–Trinajstić information content (AvgIpc) is 2.73. The summed E-state index contributed by atoms with van der Waals surface area (Å²) in [5.74, 6) is -0.237. The minimum absolute atomic E-state index is 0.00297. The van der Waals surface area contributed by atoms with Crippen molar-refractivity contribution in [3.05, 3.63) is 68.9 Å². The molecule has 1 N–H and O–H groups in total. The summed E-state index contributed by atoms with van der Waals surface area (Å²) in [6, 6.07) is 11.1. The van der Waals surface area contributed by atoms with Gasteiger partial charge in [0.05, 0.1) is 18.0 Å². The van der Waals surface area contributed by atoms with E-state index in [2.05, 4.69) is 9.72 Å². The Hall–Kier alpha value is -3.69. The smallest absolute Gasteiger partial charge is 0.387 e. The van der Waals surface area contributed by atoms with Gasteiger partial charge >= 0.3 is 12.3 Å². The van der Waals surface area contributed by atoms with Crippen LogP contribution in [0.5, 0.6) is 11.5 Å². The highest BCUT2D eigenvalue weighted by Gasteiger charge is 2.15. The molecule has 0 aliphatic heterocycles. The van der Waals surface area contributed by atoms with Crippen molar-refractivity contribution >= 4 is 16.8 Å². The molecule has 10 heteroatoms. The zero-order valence-electron chi connectivity index (χ0n) is 16.9. The number of carbonyl (C=O) groups excluding carboxylic acids is 1. The van der Waals surface area contributed by atoms with Gasteiger partial charge in [-0.3, -0.25) is 19.1 Å². The summed E-state index contributed by atoms with van der Waals surface area (Å²) in [7, 11) is 2.90. The molecule has 0 spiro atoms. The summed E-state index contributed by atoms with van der Waals surface area (Å²) in [5.41, 5.74) is -0.0701. The number of halogens is 2. The van der Waals surface area contributed by atoms with E-state index in [0.717, 1.165) is 0 Å². The molecular formula is C21H21F2N3O5. The first-order chi connectivity index (χ1) is 14.8. The predicted octanol–water partition coefficient (Wildman–Crippen LogP) is 2.35. The molecular weight excluding hydrogens is 412 g/mol. The monoisotopic (exact) mass is 433 g/mol. The van der Waals surface area contributed by atoms with Gasteiger partial charge in [0, 0.05) is 26.6 Å². The number of aromatic nitrogens is 2. The summed E-state index contributed by atoms with van der Waals surface area (Å²) in [6.07, 6.45) is 0.00297. The molecule has 164 valence electrons. The maximum atomic E-state index is 12.6. The second-order valence-corrected chi connectivity index (χ2v) is 6.79. The summed E-state index contributed by atoms with van der Waals surface area (Å²) < 4.78 is 36.0. The molecule has 1 heterocycles. The Kier molecular flexibility index (Phi) is 6.68. The Labute approximate surface area is 175 Å². The third-order valence-electron chi connectivity index (χ3n) is 4.74. The van der Waals surface area contributed by atoms with Gasteiger partial charge in [0.15, 0.2) is 11.5 Å². The second kappa shape index (κ2) is 9.41. The molecule has 3 rings (SSSR count). The highest BCUT2D eigenvalue weighted by atomic mass is 19.3. The normalized spacial score (nSPS) is 11.0. The van der Waals surface area contributed by atoms with Crippen LogP contribution in [-0.4, -0.2) is 41.1 Å². The lowest BCUT2D eigenvalue weighted by Crippen LogP contribution is -2.33. The number of ether oxygens (including phenoxy) is 2. The van der Waals surface area contributed by atoms with Crippen LogP contribution in [0.4, 0.5) is 8.78 Å². The van der Waals surface area contributed by atoms with Gasteiger partial charge in [-0.1, -0.05) is 18.2 Å². The van der Waals surface area contributed by atoms with Crippen LogP contribution in [0.3, 0.4) is 0 Å². The van der Waals surface area contributed by atoms with E-state index in [0.29, 0.717) is 16.5 Å². The Balaban J connectivity index is 1.72. The van der Waals surface area contributed by atoms with Crippen LogP contribution >= 0.6 is 0 Å². The van der Waals surface area contributed by atoms with Crippen LogP contribution in [0, 0.1) is 0 Å². The van der Waals surface area contributed by atoms with Crippen LogP contribution in [-0.2, 0) is 17.9 Å². The van der Waals surface area contributed by atoms with E-state index >= 15 is 0 Å². The lowest BCUT2D eigenvalue weighted by atomic mass is 10.2. The highest BCUT2D eigenvalue weighted by molar-refractivity contribution is 5.78. The summed E-state index contributed by atoms with van der Waals surface area (Å²) in [6.45, 7) is -2.79. The Morgan fingerprint density at radius 1 is 1.16 bits per heavy atom. The largest absolute Gasteiger partial charge is 0.493 e. The SMILES string of the molecule is COc1ccc(CN(C)C(=O)CCn2c(=O)[nH]c(=O)c3ccccc32)cc1OC(F)F. The van der Waals surface area contributed by atoms with E-state index in [-0.39, 0.29) is 36.9 Å². The van der Waals surface area contributed by atoms with E-state index in [1.165, 1.54) is 28.7 Å². The Bertz CT molecular complexity index is 1210. The van der Waals surface area contributed by atoms with Gasteiger partial charge in [0.1, 0.15) is 0 Å². The van der Waals surface area contributed by atoms with Crippen molar-refractivity contribution in [2.45, 2.75) is 26.1 Å². The number of rotatable bonds is 8. The van der Waals surface area contributed by atoms with Crippen LogP contribution in [0.25, 0.3) is 10.9 Å². The highest BCUT2D eigenvalue weighted by Crippen LogP contribution is 2.29. The molecule has 8 nitrogen and oxygen atoms in total. The molecule has 0 saturated carbocycles. The lowest BCUT2D eigenvalue weighted by molar-refractivity contribution is -0.130. The molecule has 0 radical (unpaired) electrons. The summed E-state index contributed by atoms with van der Waals surface area (Å²) in [5, 5.41) is 0.354. The molecule has 31 heavy (non-hydrogen) atoms. The van der Waals surface area contributed by atoms with Gasteiger partial charge in [-0.2, -0.15) is 8.78 Å². The van der Waals surface area contributed by atoms with Gasteiger partial charge in [0.2, 0.25) is 5.91 Å². The summed E-state index contributed by atoms with van der Waals surface area (Å²) in [4.78, 5) is 40.4. The molecule has 0 saturated heterocycles. The molecule has 1 amide bonds. The minimum Gasteiger partial charge on any atom is -0.493 e. The topological polar surface area (TPSA) is 93.6 Å². The van der Waals surface area contributed by atoms with E-state index in [1.54, 1.807) is 37.4 Å². The maximum Gasteiger partial charge on any atom is 0.387 e. The van der Waals surface area contributed by atoms with E-state index < -0.39 is 17.9 Å². The van der Waals surface area contributed by atoms with Crippen molar-refractivity contribution in [1.82, 2.24) is 14.5 Å². The molecule has 0 aliphatic rings. The molecule has 0 atom stereocenters. The van der Waals surface area contributed by atoms with Crippen molar-refractivity contribution < 1.29 is 23.0 Å². The van der Waals surface area contributed by atoms with Crippen molar-refractivity contribution in [2.75, 3.05) is 14.2 Å². The standard InChI is InChI=1S/C21H21F2N3O5/c1-25(12-13-7-8-16(30-2)17(11-13)31-20(22)23)18(27)9-10-26-15-6-4-3-5-14(15)19(28)24-21(26)29/h3-8,11,20H,9-10,12H2,1-2H3,(H,24,28,29). The molecule has 3 aromatic rings. The van der Waals surface area contributed by atoms with Crippen LogP contribution < -0.4 is 20.7 Å². The number of nitrogens with zero attached hydrogens (tertiary/aromatic N) is 2. The fourth-order valence-corrected chi connectivity index (χ4v) is 3.23. The first-order valence-electron chi connectivity index (χ1n) is 9.37. The minimum atomic E-state index is -3.01. The van der Waals surface area contributed by atoms with Crippen LogP contribution in [0.15, 0.2) is 52.1 Å². The maximum absolute atomic E-state index is 12.6. The fourth-order valence-electron chi connectivity index (χ4n) is 3.23. The molecule has 0 fully saturated rings. The number of aryl methyl sites for hydroxylation is 1. The fraction of sp³-hybridized carbons (Fsp3) is 0.286. The number of H-pyrrole nitrogens is 1. The van der Waals surface area contributed by atoms with Crippen LogP contribution in [0.2, 0.25) is 0 Å². The van der Waals surface area contributed by atoms with Gasteiger partial charge in [-0.25, -0.2) is 4.79 Å². The quantitative estimate of drug-likeness (QED) is 0.589. The number of aromatic amines is 1. The van der Waals surface area contributed by atoms with Gasteiger partial charge in [-0.15, -0.1) is 0 Å². The first-order valence-corrected chi connectivity index (χ1v) is 9.37. The number of para-hydroxylation sites is 1. The first kappa shape index (κ1) is 22.0. The van der Waals surface area contributed by atoms with Crippen molar-refractivity contribution in [3.8, 4) is 11.5 Å². The molecule has 1 aromatic heterocycles. The van der Waals surface area contributed by atoms with Gasteiger partial charge in [0.25, 0.3) is 5.56 Å². The third kappa shape index (κ3) is 5.08. The number of methoxy groups -OCH3 is 1. The zero-order chi connectivity index (χ0) is 22.5. The molecule has 0 unspecified atom stereocenters. The summed E-state index contributed by atoms with van der Waals surface area (Å²) >= 11 is 0.